The van der Waals surface area contributed by atoms with Crippen molar-refractivity contribution in [1.82, 2.24) is 15.5 Å². The van der Waals surface area contributed by atoms with E-state index in [0.717, 1.165) is 52.2 Å². The van der Waals surface area contributed by atoms with Crippen molar-refractivity contribution in [1.29, 1.82) is 0 Å². The largest absolute Gasteiger partial charge is 0.378 e. The first kappa shape index (κ1) is 12.6. The Hall–Kier alpha value is -0.810. The Balaban J connectivity index is 1.58. The van der Waals surface area contributed by atoms with E-state index in [2.05, 4.69) is 17.6 Å². The lowest BCUT2D eigenvalue weighted by molar-refractivity contribution is 0.0872. The monoisotopic (exact) mass is 241 g/mol. The molecular weight excluding hydrogens is 218 g/mol. The Labute approximate surface area is 103 Å². The lowest BCUT2D eigenvalue weighted by Gasteiger charge is -2.19. The summed E-state index contributed by atoms with van der Waals surface area (Å²) in [5, 5.41) is 6.24. The van der Waals surface area contributed by atoms with Crippen molar-refractivity contribution in [2.24, 2.45) is 5.92 Å². The minimum Gasteiger partial charge on any atom is -0.378 e. The summed E-state index contributed by atoms with van der Waals surface area (Å²) < 4.78 is 5.65. The molecule has 2 unspecified atom stereocenters. The van der Waals surface area contributed by atoms with Crippen LogP contribution in [0, 0.1) is 5.92 Å². The highest BCUT2D eigenvalue weighted by molar-refractivity contribution is 5.76. The minimum absolute atomic E-state index is 0.0717. The maximum absolute atomic E-state index is 11.3. The van der Waals surface area contributed by atoms with Gasteiger partial charge in [-0.15, -0.1) is 0 Å². The second-order valence-electron chi connectivity index (χ2n) is 4.79. The summed E-state index contributed by atoms with van der Waals surface area (Å²) >= 11 is 0. The Morgan fingerprint density at radius 3 is 3.18 bits per heavy atom. The smallest absolute Gasteiger partial charge is 0.317 e. The number of nitrogens with zero attached hydrogens (tertiary/aromatic N) is 1. The number of carbonyl (C=O) groups is 1. The van der Waals surface area contributed by atoms with Crippen LogP contribution in [-0.2, 0) is 4.74 Å². The van der Waals surface area contributed by atoms with Gasteiger partial charge < -0.3 is 20.3 Å². The molecule has 2 fully saturated rings. The Morgan fingerprint density at radius 2 is 2.47 bits per heavy atom. The highest BCUT2D eigenvalue weighted by atomic mass is 16.5. The average molecular weight is 241 g/mol. The number of amides is 2. The summed E-state index contributed by atoms with van der Waals surface area (Å²) in [6.07, 6.45) is 2.69. The van der Waals surface area contributed by atoms with Crippen molar-refractivity contribution in [3.8, 4) is 0 Å². The van der Waals surface area contributed by atoms with Crippen molar-refractivity contribution in [2.75, 3.05) is 39.3 Å². The normalized spacial score (nSPS) is 28.8. The first-order valence-corrected chi connectivity index (χ1v) is 6.66. The van der Waals surface area contributed by atoms with E-state index in [1.165, 1.54) is 0 Å². The molecule has 2 aliphatic rings. The highest BCUT2D eigenvalue weighted by Crippen LogP contribution is 2.22. The molecule has 2 aliphatic heterocycles. The zero-order valence-electron chi connectivity index (χ0n) is 10.6. The molecule has 17 heavy (non-hydrogen) atoms. The van der Waals surface area contributed by atoms with Gasteiger partial charge in [0, 0.05) is 39.3 Å². The molecule has 0 radical (unpaired) electrons. The van der Waals surface area contributed by atoms with Crippen LogP contribution >= 0.6 is 0 Å². The molecule has 0 aliphatic carbocycles. The highest BCUT2D eigenvalue weighted by Gasteiger charge is 2.26. The number of urea groups is 1. The zero-order chi connectivity index (χ0) is 12.1. The van der Waals surface area contributed by atoms with Crippen LogP contribution in [0.5, 0.6) is 0 Å². The number of nitrogens with one attached hydrogen (secondary N) is 2. The predicted molar refractivity (Wildman–Crippen MR) is 66.0 cm³/mol. The molecular formula is C12H23N3O2. The third-order valence-corrected chi connectivity index (χ3v) is 3.66. The van der Waals surface area contributed by atoms with E-state index < -0.39 is 0 Å². The fourth-order valence-corrected chi connectivity index (χ4v) is 2.60. The zero-order valence-corrected chi connectivity index (χ0v) is 10.6. The topological polar surface area (TPSA) is 53.6 Å². The van der Waals surface area contributed by atoms with E-state index in [0.29, 0.717) is 12.0 Å². The second-order valence-corrected chi connectivity index (χ2v) is 4.79. The van der Waals surface area contributed by atoms with Crippen LogP contribution in [0.2, 0.25) is 0 Å². The Kier molecular flexibility index (Phi) is 4.62. The van der Waals surface area contributed by atoms with Crippen molar-refractivity contribution in [3.63, 3.8) is 0 Å². The van der Waals surface area contributed by atoms with Crippen LogP contribution in [0.3, 0.4) is 0 Å². The lowest BCUT2D eigenvalue weighted by atomic mass is 10.00. The summed E-state index contributed by atoms with van der Waals surface area (Å²) in [5.74, 6) is 0.646. The third kappa shape index (κ3) is 3.33. The van der Waals surface area contributed by atoms with Crippen LogP contribution in [-0.4, -0.2) is 56.4 Å². The van der Waals surface area contributed by atoms with Crippen LogP contribution in [0.4, 0.5) is 4.79 Å². The van der Waals surface area contributed by atoms with Gasteiger partial charge in [-0.1, -0.05) is 6.92 Å². The van der Waals surface area contributed by atoms with Gasteiger partial charge in [-0.2, -0.15) is 0 Å². The summed E-state index contributed by atoms with van der Waals surface area (Å²) in [7, 11) is 0. The molecule has 0 aromatic heterocycles. The van der Waals surface area contributed by atoms with Crippen LogP contribution < -0.4 is 10.6 Å². The van der Waals surface area contributed by atoms with Gasteiger partial charge in [-0.3, -0.25) is 0 Å². The van der Waals surface area contributed by atoms with Gasteiger partial charge in [-0.05, 0) is 18.8 Å². The first-order valence-electron chi connectivity index (χ1n) is 6.66. The molecule has 2 atom stereocenters. The first-order chi connectivity index (χ1) is 8.31. The standard InChI is InChI=1S/C12H23N3O2/c1-2-11-10(3-8-17-11)9-13-4-6-15-7-5-14-12(15)16/h10-11,13H,2-9H2,1H3,(H,14,16). The summed E-state index contributed by atoms with van der Waals surface area (Å²) in [5.41, 5.74) is 0. The Bertz CT molecular complexity index is 260. The summed E-state index contributed by atoms with van der Waals surface area (Å²) in [4.78, 5) is 13.1. The number of hydrogen-bond acceptors (Lipinski definition) is 3. The summed E-state index contributed by atoms with van der Waals surface area (Å²) in [6, 6.07) is 0.0717. The molecule has 98 valence electrons. The quantitative estimate of drug-likeness (QED) is 0.663. The molecule has 0 bridgehead atoms. The van der Waals surface area contributed by atoms with E-state index in [9.17, 15) is 4.79 Å². The number of ether oxygens (including phenoxy) is 1. The van der Waals surface area contributed by atoms with Crippen molar-refractivity contribution < 1.29 is 9.53 Å². The molecule has 0 aromatic carbocycles. The molecule has 5 nitrogen and oxygen atoms in total. The molecule has 0 saturated carbocycles. The Morgan fingerprint density at radius 1 is 1.59 bits per heavy atom. The molecule has 2 heterocycles. The molecule has 2 rings (SSSR count). The van der Waals surface area contributed by atoms with Gasteiger partial charge in [0.15, 0.2) is 0 Å². The molecule has 2 N–H and O–H groups in total. The average Bonchev–Trinajstić information content (AvgIpc) is 2.93. The maximum Gasteiger partial charge on any atom is 0.317 e. The van der Waals surface area contributed by atoms with E-state index in [1.54, 1.807) is 0 Å². The van der Waals surface area contributed by atoms with Crippen LogP contribution in [0.15, 0.2) is 0 Å². The number of carbonyl (C=O) groups excluding carboxylic acids is 1. The van der Waals surface area contributed by atoms with Crippen molar-refractivity contribution in [2.45, 2.75) is 25.9 Å². The molecule has 5 heteroatoms. The third-order valence-electron chi connectivity index (χ3n) is 3.66. The predicted octanol–water partition coefficient (Wildman–Crippen LogP) is 0.416. The van der Waals surface area contributed by atoms with Gasteiger partial charge in [-0.25, -0.2) is 4.79 Å². The maximum atomic E-state index is 11.3. The van der Waals surface area contributed by atoms with E-state index in [-0.39, 0.29) is 6.03 Å². The molecule has 2 amide bonds. The second kappa shape index (κ2) is 6.21. The molecule has 0 aromatic rings. The van der Waals surface area contributed by atoms with E-state index in [1.807, 2.05) is 4.90 Å². The van der Waals surface area contributed by atoms with Gasteiger partial charge in [0.1, 0.15) is 0 Å². The fourth-order valence-electron chi connectivity index (χ4n) is 2.60. The van der Waals surface area contributed by atoms with Crippen LogP contribution in [0.1, 0.15) is 19.8 Å². The fraction of sp³-hybridized carbons (Fsp3) is 0.917. The number of hydrogen-bond donors (Lipinski definition) is 2. The molecule has 0 spiro atoms. The van der Waals surface area contributed by atoms with Gasteiger partial charge in [0.2, 0.25) is 0 Å². The van der Waals surface area contributed by atoms with Crippen molar-refractivity contribution >= 4 is 6.03 Å². The van der Waals surface area contributed by atoms with Crippen molar-refractivity contribution in [3.05, 3.63) is 0 Å². The number of rotatable bonds is 6. The van der Waals surface area contributed by atoms with E-state index in [4.69, 9.17) is 4.74 Å². The minimum atomic E-state index is 0.0717. The van der Waals surface area contributed by atoms with Gasteiger partial charge in [0.25, 0.3) is 0 Å². The summed E-state index contributed by atoms with van der Waals surface area (Å²) in [6.45, 7) is 7.39. The van der Waals surface area contributed by atoms with Gasteiger partial charge >= 0.3 is 6.03 Å². The lowest BCUT2D eigenvalue weighted by Crippen LogP contribution is -2.37. The van der Waals surface area contributed by atoms with Crippen LogP contribution in [0.25, 0.3) is 0 Å². The molecule has 2 saturated heterocycles. The van der Waals surface area contributed by atoms with Gasteiger partial charge in [0.05, 0.1) is 6.10 Å². The SMILES string of the molecule is CCC1OCCC1CNCCN1CCNC1=O. The van der Waals surface area contributed by atoms with E-state index >= 15 is 0 Å².